The fourth-order valence-corrected chi connectivity index (χ4v) is 5.20. The van der Waals surface area contributed by atoms with Crippen molar-refractivity contribution in [1.82, 2.24) is 4.98 Å². The van der Waals surface area contributed by atoms with E-state index in [1.54, 1.807) is 24.4 Å². The van der Waals surface area contributed by atoms with Crippen molar-refractivity contribution in [3.63, 3.8) is 0 Å². The highest BCUT2D eigenvalue weighted by molar-refractivity contribution is 7.93. The van der Waals surface area contributed by atoms with Crippen LogP contribution in [0.4, 0.5) is 16.5 Å². The number of imide groups is 1. The average Bonchev–Trinajstić information content (AvgIpc) is 3.31. The maximum atomic E-state index is 13.0. The van der Waals surface area contributed by atoms with Crippen LogP contribution in [0.1, 0.15) is 11.1 Å². The van der Waals surface area contributed by atoms with Gasteiger partial charge in [0.2, 0.25) is 0 Å². The Labute approximate surface area is 193 Å². The van der Waals surface area contributed by atoms with E-state index < -0.39 is 21.8 Å². The molecule has 2 aromatic carbocycles. The molecular formula is C21H17ClN4O4S2. The summed E-state index contributed by atoms with van der Waals surface area (Å²) in [5, 5.41) is 4.51. The zero-order chi connectivity index (χ0) is 23.0. The number of rotatable bonds is 6. The van der Waals surface area contributed by atoms with Crippen LogP contribution < -0.4 is 14.9 Å². The summed E-state index contributed by atoms with van der Waals surface area (Å²) in [5.74, 6) is -1.22. The maximum absolute atomic E-state index is 13.0. The highest BCUT2D eigenvalue weighted by atomic mass is 35.5. The summed E-state index contributed by atoms with van der Waals surface area (Å²) >= 11 is 7.34. The van der Waals surface area contributed by atoms with Gasteiger partial charge in [-0.1, -0.05) is 29.3 Å². The molecule has 32 heavy (non-hydrogen) atoms. The average molecular weight is 489 g/mol. The molecule has 0 radical (unpaired) electrons. The minimum absolute atomic E-state index is 0.0176. The first kappa shape index (κ1) is 22.0. The summed E-state index contributed by atoms with van der Waals surface area (Å²) in [6, 6.07) is 11.1. The Morgan fingerprint density at radius 3 is 2.38 bits per heavy atom. The van der Waals surface area contributed by atoms with Crippen LogP contribution in [0.3, 0.4) is 0 Å². The zero-order valence-corrected chi connectivity index (χ0v) is 19.3. The van der Waals surface area contributed by atoms with Crippen molar-refractivity contribution in [2.45, 2.75) is 18.7 Å². The zero-order valence-electron chi connectivity index (χ0n) is 16.9. The van der Waals surface area contributed by atoms with Gasteiger partial charge in [-0.05, 0) is 49.7 Å². The summed E-state index contributed by atoms with van der Waals surface area (Å²) in [5.41, 5.74) is 2.54. The number of sulfonamides is 1. The Morgan fingerprint density at radius 1 is 1.03 bits per heavy atom. The van der Waals surface area contributed by atoms with Gasteiger partial charge in [-0.15, -0.1) is 11.3 Å². The second-order valence-electron chi connectivity index (χ2n) is 7.02. The molecule has 1 aliphatic rings. The lowest BCUT2D eigenvalue weighted by molar-refractivity contribution is -0.120. The quantitative estimate of drug-likeness (QED) is 0.508. The van der Waals surface area contributed by atoms with Gasteiger partial charge in [-0.2, -0.15) is 0 Å². The number of hydrogen-bond donors (Lipinski definition) is 2. The van der Waals surface area contributed by atoms with Crippen LogP contribution in [0.15, 0.2) is 69.7 Å². The van der Waals surface area contributed by atoms with E-state index >= 15 is 0 Å². The van der Waals surface area contributed by atoms with Gasteiger partial charge in [-0.25, -0.2) is 18.3 Å². The Kier molecular flexibility index (Phi) is 5.76. The molecule has 2 heterocycles. The number of nitrogens with one attached hydrogen (secondary N) is 2. The Bertz CT molecular complexity index is 1350. The van der Waals surface area contributed by atoms with Crippen molar-refractivity contribution in [1.29, 1.82) is 0 Å². The monoisotopic (exact) mass is 488 g/mol. The predicted octanol–water partition coefficient (Wildman–Crippen LogP) is 4.00. The second kappa shape index (κ2) is 8.38. The fraction of sp³-hybridized carbons (Fsp3) is 0.0952. The molecule has 1 aliphatic heterocycles. The Hall–Kier alpha value is -3.21. The van der Waals surface area contributed by atoms with Crippen molar-refractivity contribution in [2.75, 3.05) is 14.9 Å². The standard InChI is InChI=1S/C21H17ClN4O4S2/c1-12-3-8-16(13(2)11-12)26-19(27)17(22)18(20(26)28)24-14-4-6-15(7-5-14)32(29,30)25-21-23-9-10-31-21/h3-11,24H,1-2H3,(H,23,25). The third-order valence-corrected chi connectivity index (χ3v) is 7.23. The first-order valence-corrected chi connectivity index (χ1v) is 12.1. The molecule has 1 aromatic heterocycles. The number of carbonyl (C=O) groups excluding carboxylic acids is 2. The normalized spacial score (nSPS) is 14.3. The van der Waals surface area contributed by atoms with Gasteiger partial charge in [0.15, 0.2) is 5.13 Å². The van der Waals surface area contributed by atoms with Crippen LogP contribution in [-0.2, 0) is 19.6 Å². The molecule has 2 N–H and O–H groups in total. The lowest BCUT2D eigenvalue weighted by Gasteiger charge is -2.18. The predicted molar refractivity (Wildman–Crippen MR) is 124 cm³/mol. The number of benzene rings is 2. The number of anilines is 3. The van der Waals surface area contributed by atoms with Crippen molar-refractivity contribution >= 4 is 61.3 Å². The highest BCUT2D eigenvalue weighted by Crippen LogP contribution is 2.32. The molecule has 0 spiro atoms. The van der Waals surface area contributed by atoms with E-state index in [1.807, 2.05) is 13.0 Å². The molecule has 3 aromatic rings. The summed E-state index contributed by atoms with van der Waals surface area (Å²) in [7, 11) is -3.81. The number of carbonyl (C=O) groups is 2. The molecule has 0 bridgehead atoms. The SMILES string of the molecule is Cc1ccc(N2C(=O)C(Cl)=C(Nc3ccc(S(=O)(=O)Nc4nccs4)cc3)C2=O)c(C)c1. The smallest absolute Gasteiger partial charge is 0.283 e. The second-order valence-corrected chi connectivity index (χ2v) is 9.97. The third-order valence-electron chi connectivity index (χ3n) is 4.71. The van der Waals surface area contributed by atoms with E-state index in [9.17, 15) is 18.0 Å². The van der Waals surface area contributed by atoms with E-state index in [4.69, 9.17) is 11.6 Å². The van der Waals surface area contributed by atoms with Crippen LogP contribution in [0, 0.1) is 13.8 Å². The number of aromatic nitrogens is 1. The molecule has 164 valence electrons. The van der Waals surface area contributed by atoms with Gasteiger partial charge >= 0.3 is 0 Å². The van der Waals surface area contributed by atoms with Crippen LogP contribution in [0.25, 0.3) is 0 Å². The molecule has 0 saturated heterocycles. The van der Waals surface area contributed by atoms with Gasteiger partial charge in [0.1, 0.15) is 10.7 Å². The van der Waals surface area contributed by atoms with Crippen LogP contribution >= 0.6 is 22.9 Å². The first-order chi connectivity index (χ1) is 15.2. The van der Waals surface area contributed by atoms with Crippen molar-refractivity contribution in [2.24, 2.45) is 0 Å². The molecule has 0 fully saturated rings. The summed E-state index contributed by atoms with van der Waals surface area (Å²) in [6.07, 6.45) is 1.49. The highest BCUT2D eigenvalue weighted by Gasteiger charge is 2.39. The minimum Gasteiger partial charge on any atom is -0.350 e. The largest absolute Gasteiger partial charge is 0.350 e. The maximum Gasteiger partial charge on any atom is 0.283 e. The van der Waals surface area contributed by atoms with Crippen molar-refractivity contribution in [3.8, 4) is 0 Å². The summed E-state index contributed by atoms with van der Waals surface area (Å²) in [4.78, 5) is 30.6. The summed E-state index contributed by atoms with van der Waals surface area (Å²) in [6.45, 7) is 3.72. The van der Waals surface area contributed by atoms with Gasteiger partial charge < -0.3 is 5.32 Å². The molecule has 0 aliphatic carbocycles. The number of thiazole rings is 1. The number of halogens is 1. The van der Waals surface area contributed by atoms with Crippen LogP contribution in [-0.4, -0.2) is 25.2 Å². The molecule has 8 nitrogen and oxygen atoms in total. The number of aryl methyl sites for hydroxylation is 2. The number of hydrogen-bond acceptors (Lipinski definition) is 7. The van der Waals surface area contributed by atoms with Crippen LogP contribution in [0.2, 0.25) is 0 Å². The van der Waals surface area contributed by atoms with Gasteiger partial charge in [0, 0.05) is 17.3 Å². The number of amides is 2. The molecule has 2 amide bonds. The number of nitrogens with zero attached hydrogens (tertiary/aromatic N) is 2. The molecule has 0 unspecified atom stereocenters. The van der Waals surface area contributed by atoms with E-state index in [0.717, 1.165) is 27.4 Å². The lowest BCUT2D eigenvalue weighted by Crippen LogP contribution is -2.32. The first-order valence-electron chi connectivity index (χ1n) is 9.32. The van der Waals surface area contributed by atoms with E-state index in [0.29, 0.717) is 11.4 Å². The topological polar surface area (TPSA) is 108 Å². The van der Waals surface area contributed by atoms with E-state index in [-0.39, 0.29) is 20.8 Å². The van der Waals surface area contributed by atoms with Crippen molar-refractivity contribution < 1.29 is 18.0 Å². The molecule has 11 heteroatoms. The van der Waals surface area contributed by atoms with Crippen LogP contribution in [0.5, 0.6) is 0 Å². The molecular weight excluding hydrogens is 472 g/mol. The molecule has 0 saturated carbocycles. The van der Waals surface area contributed by atoms with Gasteiger partial charge in [-0.3, -0.25) is 14.3 Å². The third kappa shape index (κ3) is 4.12. The van der Waals surface area contributed by atoms with Crippen molar-refractivity contribution in [3.05, 3.63) is 75.9 Å². The fourth-order valence-electron chi connectivity index (χ4n) is 3.20. The Morgan fingerprint density at radius 2 is 1.75 bits per heavy atom. The molecule has 4 rings (SSSR count). The lowest BCUT2D eigenvalue weighted by atomic mass is 10.1. The molecule has 0 atom stereocenters. The summed E-state index contributed by atoms with van der Waals surface area (Å²) < 4.78 is 27.3. The van der Waals surface area contributed by atoms with E-state index in [2.05, 4.69) is 15.0 Å². The van der Waals surface area contributed by atoms with Gasteiger partial charge in [0.05, 0.1) is 10.6 Å². The minimum atomic E-state index is -3.81. The van der Waals surface area contributed by atoms with E-state index in [1.165, 1.54) is 30.5 Å². The van der Waals surface area contributed by atoms with Gasteiger partial charge in [0.25, 0.3) is 21.8 Å². The Balaban J connectivity index is 1.55.